The number of morpholine rings is 1. The summed E-state index contributed by atoms with van der Waals surface area (Å²) < 4.78 is 12.2. The molecule has 138 valence electrons. The lowest BCUT2D eigenvalue weighted by molar-refractivity contribution is -0.124. The van der Waals surface area contributed by atoms with Crippen LogP contribution in [0.5, 0.6) is 5.75 Å². The van der Waals surface area contributed by atoms with Crippen LogP contribution >= 0.6 is 15.9 Å². The van der Waals surface area contributed by atoms with Crippen LogP contribution in [0.25, 0.3) is 0 Å². The topological polar surface area (TPSA) is 50.8 Å². The smallest absolute Gasteiger partial charge is 0.258 e. The van der Waals surface area contributed by atoms with Crippen molar-refractivity contribution in [2.45, 2.75) is 12.6 Å². The molecule has 0 aromatic heterocycles. The molecule has 0 bridgehead atoms. The van der Waals surface area contributed by atoms with E-state index < -0.39 is 0 Å². The summed E-state index contributed by atoms with van der Waals surface area (Å²) in [7, 11) is 0. The number of halogens is 1. The standard InChI is InChI=1S/C20H23BrN2O3/c21-17-6-8-18(9-7-17)26-15-20(24)22-12-19-14-23(10-11-25-19)13-16-4-2-1-3-5-16/h1-9,19H,10-15H2,(H,22,24). The van der Waals surface area contributed by atoms with E-state index in [0.29, 0.717) is 18.9 Å². The van der Waals surface area contributed by atoms with E-state index in [0.717, 1.165) is 24.1 Å². The maximum Gasteiger partial charge on any atom is 0.258 e. The molecule has 2 aromatic carbocycles. The van der Waals surface area contributed by atoms with Gasteiger partial charge in [0, 0.05) is 30.7 Å². The Hall–Kier alpha value is -1.89. The highest BCUT2D eigenvalue weighted by molar-refractivity contribution is 9.10. The summed E-state index contributed by atoms with van der Waals surface area (Å²) in [5.74, 6) is 0.531. The van der Waals surface area contributed by atoms with E-state index in [-0.39, 0.29) is 18.6 Å². The molecule has 5 nitrogen and oxygen atoms in total. The molecule has 26 heavy (non-hydrogen) atoms. The number of amides is 1. The second kappa shape index (κ2) is 9.71. The number of hydrogen-bond acceptors (Lipinski definition) is 4. The van der Waals surface area contributed by atoms with Crippen LogP contribution in [0.1, 0.15) is 5.56 Å². The summed E-state index contributed by atoms with van der Waals surface area (Å²) >= 11 is 3.37. The van der Waals surface area contributed by atoms with Gasteiger partial charge in [0.1, 0.15) is 5.75 Å². The fraction of sp³-hybridized carbons (Fsp3) is 0.350. The van der Waals surface area contributed by atoms with Gasteiger partial charge in [0.2, 0.25) is 0 Å². The fourth-order valence-electron chi connectivity index (χ4n) is 2.85. The molecule has 6 heteroatoms. The van der Waals surface area contributed by atoms with Crippen molar-refractivity contribution in [3.63, 3.8) is 0 Å². The lowest BCUT2D eigenvalue weighted by atomic mass is 10.2. The molecular formula is C20H23BrN2O3. The minimum atomic E-state index is -0.142. The van der Waals surface area contributed by atoms with Gasteiger partial charge in [-0.15, -0.1) is 0 Å². The normalized spacial score (nSPS) is 17.7. The van der Waals surface area contributed by atoms with Crippen molar-refractivity contribution in [2.24, 2.45) is 0 Å². The first-order valence-electron chi connectivity index (χ1n) is 8.72. The number of nitrogens with one attached hydrogen (secondary N) is 1. The molecule has 1 aliphatic rings. The van der Waals surface area contributed by atoms with Crippen LogP contribution in [0.3, 0.4) is 0 Å². The van der Waals surface area contributed by atoms with Gasteiger partial charge in [-0.25, -0.2) is 0 Å². The third kappa shape index (κ3) is 6.12. The van der Waals surface area contributed by atoms with Crippen LogP contribution in [0.4, 0.5) is 0 Å². The van der Waals surface area contributed by atoms with Crippen molar-refractivity contribution in [1.82, 2.24) is 10.2 Å². The van der Waals surface area contributed by atoms with Crippen molar-refractivity contribution in [3.05, 3.63) is 64.6 Å². The molecule has 0 saturated carbocycles. The Morgan fingerprint density at radius 2 is 1.96 bits per heavy atom. The van der Waals surface area contributed by atoms with Gasteiger partial charge in [-0.1, -0.05) is 46.3 Å². The van der Waals surface area contributed by atoms with Gasteiger partial charge < -0.3 is 14.8 Å². The lowest BCUT2D eigenvalue weighted by Gasteiger charge is -2.33. The number of hydrogen-bond donors (Lipinski definition) is 1. The predicted molar refractivity (Wildman–Crippen MR) is 104 cm³/mol. The first-order chi connectivity index (χ1) is 12.7. The average molecular weight is 419 g/mol. The lowest BCUT2D eigenvalue weighted by Crippen LogP contribution is -2.47. The van der Waals surface area contributed by atoms with Crippen LogP contribution in [0.15, 0.2) is 59.1 Å². The summed E-state index contributed by atoms with van der Waals surface area (Å²) in [6.45, 7) is 3.80. The quantitative estimate of drug-likeness (QED) is 0.750. The molecule has 1 aliphatic heterocycles. The minimum absolute atomic E-state index is 0.00207. The van der Waals surface area contributed by atoms with E-state index in [1.54, 1.807) is 0 Å². The number of rotatable bonds is 7. The Kier molecular flexibility index (Phi) is 7.05. The summed E-state index contributed by atoms with van der Waals surface area (Å²) in [4.78, 5) is 14.3. The Morgan fingerprint density at radius 3 is 2.73 bits per heavy atom. The summed E-state index contributed by atoms with van der Waals surface area (Å²) in [6.07, 6.45) is 0.00379. The highest BCUT2D eigenvalue weighted by Gasteiger charge is 2.21. The predicted octanol–water partition coefficient (Wildman–Crippen LogP) is 2.85. The van der Waals surface area contributed by atoms with Gasteiger partial charge in [-0.2, -0.15) is 0 Å². The van der Waals surface area contributed by atoms with Gasteiger partial charge in [-0.05, 0) is 29.8 Å². The molecule has 1 heterocycles. The van der Waals surface area contributed by atoms with Crippen LogP contribution in [0, 0.1) is 0 Å². The largest absolute Gasteiger partial charge is 0.484 e. The monoisotopic (exact) mass is 418 g/mol. The molecule has 0 spiro atoms. The second-order valence-corrected chi connectivity index (χ2v) is 7.18. The van der Waals surface area contributed by atoms with Crippen molar-refractivity contribution in [3.8, 4) is 5.75 Å². The van der Waals surface area contributed by atoms with Crippen molar-refractivity contribution >= 4 is 21.8 Å². The van der Waals surface area contributed by atoms with Gasteiger partial charge in [0.15, 0.2) is 6.61 Å². The average Bonchev–Trinajstić information content (AvgIpc) is 2.67. The molecule has 1 saturated heterocycles. The molecule has 2 aromatic rings. The van der Waals surface area contributed by atoms with E-state index in [1.807, 2.05) is 30.3 Å². The molecule has 0 aliphatic carbocycles. The number of benzene rings is 2. The summed E-state index contributed by atoms with van der Waals surface area (Å²) in [6, 6.07) is 17.8. The van der Waals surface area contributed by atoms with E-state index in [4.69, 9.17) is 9.47 Å². The Balaban J connectivity index is 1.38. The molecule has 1 fully saturated rings. The van der Waals surface area contributed by atoms with Crippen LogP contribution in [-0.2, 0) is 16.1 Å². The SMILES string of the molecule is O=C(COc1ccc(Br)cc1)NCC1CN(Cc2ccccc2)CCO1. The molecular weight excluding hydrogens is 396 g/mol. The van der Waals surface area contributed by atoms with E-state index in [9.17, 15) is 4.79 Å². The fourth-order valence-corrected chi connectivity index (χ4v) is 3.11. The van der Waals surface area contributed by atoms with E-state index in [1.165, 1.54) is 5.56 Å². The highest BCUT2D eigenvalue weighted by atomic mass is 79.9. The first-order valence-corrected chi connectivity index (χ1v) is 9.51. The van der Waals surface area contributed by atoms with Gasteiger partial charge >= 0.3 is 0 Å². The Labute approximate surface area is 162 Å². The maximum atomic E-state index is 12.0. The van der Waals surface area contributed by atoms with Crippen LogP contribution in [-0.4, -0.2) is 49.8 Å². The Bertz CT molecular complexity index is 694. The van der Waals surface area contributed by atoms with E-state index in [2.05, 4.69) is 50.4 Å². The van der Waals surface area contributed by atoms with Crippen LogP contribution < -0.4 is 10.1 Å². The minimum Gasteiger partial charge on any atom is -0.484 e. The molecule has 3 rings (SSSR count). The maximum absolute atomic E-state index is 12.0. The number of ether oxygens (including phenoxy) is 2. The second-order valence-electron chi connectivity index (χ2n) is 6.26. The van der Waals surface area contributed by atoms with Crippen molar-refractivity contribution in [1.29, 1.82) is 0 Å². The first kappa shape index (κ1) is 18.9. The molecule has 1 unspecified atom stereocenters. The molecule has 1 amide bonds. The van der Waals surface area contributed by atoms with Crippen molar-refractivity contribution in [2.75, 3.05) is 32.8 Å². The zero-order chi connectivity index (χ0) is 18.2. The number of nitrogens with zero attached hydrogens (tertiary/aromatic N) is 1. The zero-order valence-electron chi connectivity index (χ0n) is 14.6. The third-order valence-electron chi connectivity index (χ3n) is 4.18. The summed E-state index contributed by atoms with van der Waals surface area (Å²) in [5.41, 5.74) is 1.29. The van der Waals surface area contributed by atoms with Gasteiger partial charge in [0.25, 0.3) is 5.91 Å². The molecule has 1 N–H and O–H groups in total. The molecule has 0 radical (unpaired) electrons. The van der Waals surface area contributed by atoms with Gasteiger partial charge in [0.05, 0.1) is 12.7 Å². The van der Waals surface area contributed by atoms with E-state index >= 15 is 0 Å². The highest BCUT2D eigenvalue weighted by Crippen LogP contribution is 2.16. The summed E-state index contributed by atoms with van der Waals surface area (Å²) in [5, 5.41) is 2.89. The van der Waals surface area contributed by atoms with Crippen molar-refractivity contribution < 1.29 is 14.3 Å². The van der Waals surface area contributed by atoms with Crippen LogP contribution in [0.2, 0.25) is 0 Å². The number of carbonyl (C=O) groups excluding carboxylic acids is 1. The Morgan fingerprint density at radius 1 is 1.19 bits per heavy atom. The number of carbonyl (C=O) groups is 1. The molecule has 1 atom stereocenters. The van der Waals surface area contributed by atoms with Gasteiger partial charge in [-0.3, -0.25) is 9.69 Å². The zero-order valence-corrected chi connectivity index (χ0v) is 16.2. The third-order valence-corrected chi connectivity index (χ3v) is 4.71.